The number of thiocarbonyl (C=S) groups is 1. The monoisotopic (exact) mass is 482 g/mol. The molecule has 1 aliphatic heterocycles. The molecule has 0 unspecified atom stereocenters. The van der Waals surface area contributed by atoms with E-state index in [9.17, 15) is 14.4 Å². The number of carbonyl (C=O) groups is 3. The predicted octanol–water partition coefficient (Wildman–Crippen LogP) is 3.60. The highest BCUT2D eigenvalue weighted by Crippen LogP contribution is 2.19. The minimum Gasteiger partial charge on any atom is -0.325 e. The summed E-state index contributed by atoms with van der Waals surface area (Å²) in [6, 6.07) is 29.5. The van der Waals surface area contributed by atoms with Crippen LogP contribution in [0.3, 0.4) is 0 Å². The van der Waals surface area contributed by atoms with E-state index in [1.165, 1.54) is 16.3 Å². The molecule has 1 aromatic heterocycles. The maximum atomic E-state index is 11.8. The Morgan fingerprint density at radius 3 is 2.11 bits per heavy atom. The molecule has 1 aliphatic rings. The number of fused-ring (bicyclic) bond motifs is 1. The Kier molecular flexibility index (Phi) is 7.54. The molecule has 3 amide bonds. The van der Waals surface area contributed by atoms with Crippen LogP contribution in [0.1, 0.15) is 11.3 Å². The fraction of sp³-hybridized carbons (Fsp3) is 0.0741. The first-order valence-electron chi connectivity index (χ1n) is 10.9. The lowest BCUT2D eigenvalue weighted by molar-refractivity contribution is -0.140. The number of hydrogen-bond acceptors (Lipinski definition) is 5. The summed E-state index contributed by atoms with van der Waals surface area (Å²) in [5.41, 5.74) is 2.96. The molecule has 0 spiro atoms. The van der Waals surface area contributed by atoms with Gasteiger partial charge < -0.3 is 16.0 Å². The molecule has 174 valence electrons. The summed E-state index contributed by atoms with van der Waals surface area (Å²) in [5.74, 6) is -3.58. The van der Waals surface area contributed by atoms with Gasteiger partial charge in [-0.15, -0.1) is 0 Å². The molecule has 0 aliphatic carbocycles. The van der Waals surface area contributed by atoms with E-state index in [2.05, 4.69) is 87.7 Å². The Bertz CT molecular complexity index is 1350. The van der Waals surface area contributed by atoms with Gasteiger partial charge in [0.25, 0.3) is 0 Å². The summed E-state index contributed by atoms with van der Waals surface area (Å²) >= 11 is 4.63. The molecule has 0 atom stereocenters. The SMILES string of the molecule is O=C1NC(=S)NC(=O)C1C(=O)Nc1ccccc1.c1ccc(Cc2nccc3ccccc23)cc1. The van der Waals surface area contributed by atoms with Gasteiger partial charge in [-0.25, -0.2) is 0 Å². The molecule has 4 aromatic rings. The van der Waals surface area contributed by atoms with Crippen LogP contribution < -0.4 is 16.0 Å². The second-order valence-electron chi connectivity index (χ2n) is 7.74. The summed E-state index contributed by atoms with van der Waals surface area (Å²) < 4.78 is 0. The van der Waals surface area contributed by atoms with Crippen LogP contribution in [0.15, 0.2) is 97.2 Å². The molecule has 0 saturated carbocycles. The van der Waals surface area contributed by atoms with E-state index < -0.39 is 23.6 Å². The normalized spacial score (nSPS) is 13.3. The molecule has 2 heterocycles. The first-order chi connectivity index (χ1) is 17.0. The Hall–Kier alpha value is -4.43. The van der Waals surface area contributed by atoms with Crippen molar-refractivity contribution in [3.63, 3.8) is 0 Å². The first kappa shape index (κ1) is 23.7. The Morgan fingerprint density at radius 2 is 1.43 bits per heavy atom. The number of carbonyl (C=O) groups excluding carboxylic acids is 3. The van der Waals surface area contributed by atoms with Gasteiger partial charge in [-0.05, 0) is 41.4 Å². The highest BCUT2D eigenvalue weighted by Gasteiger charge is 2.38. The first-order valence-corrected chi connectivity index (χ1v) is 11.3. The largest absolute Gasteiger partial charge is 0.325 e. The summed E-state index contributed by atoms with van der Waals surface area (Å²) in [5, 5.41) is 9.35. The number of nitrogens with one attached hydrogen (secondary N) is 3. The fourth-order valence-corrected chi connectivity index (χ4v) is 3.81. The fourth-order valence-electron chi connectivity index (χ4n) is 3.60. The number of amides is 3. The number of hydrogen-bond donors (Lipinski definition) is 3. The van der Waals surface area contributed by atoms with Gasteiger partial charge in [0, 0.05) is 23.7 Å². The van der Waals surface area contributed by atoms with Crippen molar-refractivity contribution >= 4 is 51.5 Å². The molecule has 35 heavy (non-hydrogen) atoms. The number of benzene rings is 3. The van der Waals surface area contributed by atoms with Gasteiger partial charge in [0.05, 0.1) is 5.69 Å². The third kappa shape index (κ3) is 6.13. The van der Waals surface area contributed by atoms with Crippen molar-refractivity contribution in [1.29, 1.82) is 0 Å². The zero-order valence-electron chi connectivity index (χ0n) is 18.6. The molecule has 7 nitrogen and oxygen atoms in total. The van der Waals surface area contributed by atoms with Gasteiger partial charge >= 0.3 is 0 Å². The summed E-state index contributed by atoms with van der Waals surface area (Å²) in [6.07, 6.45) is 2.78. The Balaban J connectivity index is 0.000000165. The Morgan fingerprint density at radius 1 is 0.829 bits per heavy atom. The standard InChI is InChI=1S/C16H13N.C11H9N3O3S/c1-2-6-13(7-3-1)12-16-15-9-5-4-8-14(15)10-11-17-16;15-8(12-6-4-2-1-3-5-6)7-9(16)13-11(18)14-10(7)17/h1-11H,12H2;1-5,7H,(H,12,15)(H2,13,14,16,17,18). The maximum absolute atomic E-state index is 11.8. The van der Waals surface area contributed by atoms with Crippen molar-refractivity contribution < 1.29 is 14.4 Å². The number of anilines is 1. The van der Waals surface area contributed by atoms with Crippen LogP contribution in [0.25, 0.3) is 10.8 Å². The molecule has 3 N–H and O–H groups in total. The number of aromatic nitrogens is 1. The Labute approximate surface area is 207 Å². The van der Waals surface area contributed by atoms with E-state index in [1.54, 1.807) is 30.3 Å². The topological polar surface area (TPSA) is 100 Å². The van der Waals surface area contributed by atoms with E-state index >= 15 is 0 Å². The van der Waals surface area contributed by atoms with Gasteiger partial charge in [-0.1, -0.05) is 72.8 Å². The van der Waals surface area contributed by atoms with Gasteiger partial charge in [0.2, 0.25) is 17.7 Å². The summed E-state index contributed by atoms with van der Waals surface area (Å²) in [6.45, 7) is 0. The minimum absolute atomic E-state index is 0.0891. The van der Waals surface area contributed by atoms with E-state index in [0.29, 0.717) is 5.69 Å². The number of rotatable bonds is 4. The molecule has 8 heteroatoms. The van der Waals surface area contributed by atoms with E-state index in [1.807, 2.05) is 12.3 Å². The average molecular weight is 483 g/mol. The van der Waals surface area contributed by atoms with Crippen LogP contribution in [-0.2, 0) is 20.8 Å². The molecule has 0 radical (unpaired) electrons. The van der Waals surface area contributed by atoms with E-state index in [-0.39, 0.29) is 5.11 Å². The van der Waals surface area contributed by atoms with E-state index in [4.69, 9.17) is 0 Å². The lowest BCUT2D eigenvalue weighted by atomic mass is 10.0. The molecular formula is C27H22N4O3S. The molecule has 5 rings (SSSR count). The van der Waals surface area contributed by atoms with Crippen LogP contribution in [0.4, 0.5) is 5.69 Å². The maximum Gasteiger partial charge on any atom is 0.248 e. The van der Waals surface area contributed by atoms with Gasteiger partial charge in [-0.2, -0.15) is 0 Å². The highest BCUT2D eigenvalue weighted by atomic mass is 32.1. The van der Waals surface area contributed by atoms with Gasteiger partial charge in [0.1, 0.15) is 0 Å². The molecular weight excluding hydrogens is 460 g/mol. The third-order valence-corrected chi connectivity index (χ3v) is 5.48. The van der Waals surface area contributed by atoms with Crippen molar-refractivity contribution in [3.8, 4) is 0 Å². The highest BCUT2D eigenvalue weighted by molar-refractivity contribution is 7.80. The number of para-hydroxylation sites is 1. The third-order valence-electron chi connectivity index (χ3n) is 5.27. The van der Waals surface area contributed by atoms with Crippen molar-refractivity contribution in [2.75, 3.05) is 5.32 Å². The smallest absolute Gasteiger partial charge is 0.248 e. The lowest BCUT2D eigenvalue weighted by Crippen LogP contribution is -2.58. The van der Waals surface area contributed by atoms with Gasteiger partial charge in [0.15, 0.2) is 11.0 Å². The van der Waals surface area contributed by atoms with Crippen molar-refractivity contribution in [3.05, 3.63) is 108 Å². The van der Waals surface area contributed by atoms with Gasteiger partial charge in [-0.3, -0.25) is 19.4 Å². The minimum atomic E-state index is -1.43. The van der Waals surface area contributed by atoms with E-state index in [0.717, 1.165) is 12.1 Å². The van der Waals surface area contributed by atoms with Crippen molar-refractivity contribution in [2.45, 2.75) is 6.42 Å². The van der Waals surface area contributed by atoms with Crippen LogP contribution in [0.5, 0.6) is 0 Å². The molecule has 1 fully saturated rings. The van der Waals surface area contributed by atoms with Crippen molar-refractivity contribution in [2.24, 2.45) is 5.92 Å². The average Bonchev–Trinajstić information content (AvgIpc) is 2.85. The van der Waals surface area contributed by atoms with Crippen LogP contribution in [-0.4, -0.2) is 27.8 Å². The second kappa shape index (κ2) is 11.1. The zero-order valence-corrected chi connectivity index (χ0v) is 19.4. The summed E-state index contributed by atoms with van der Waals surface area (Å²) in [4.78, 5) is 39.4. The molecule has 0 bridgehead atoms. The lowest BCUT2D eigenvalue weighted by Gasteiger charge is -2.21. The van der Waals surface area contributed by atoms with Crippen molar-refractivity contribution in [1.82, 2.24) is 15.6 Å². The predicted molar refractivity (Wildman–Crippen MR) is 138 cm³/mol. The second-order valence-corrected chi connectivity index (χ2v) is 8.15. The van der Waals surface area contributed by atoms with Crippen LogP contribution in [0.2, 0.25) is 0 Å². The van der Waals surface area contributed by atoms with Crippen LogP contribution in [0, 0.1) is 5.92 Å². The molecule has 1 saturated heterocycles. The summed E-state index contributed by atoms with van der Waals surface area (Å²) in [7, 11) is 0. The van der Waals surface area contributed by atoms with Crippen LogP contribution >= 0.6 is 12.2 Å². The quantitative estimate of drug-likeness (QED) is 0.305. The molecule has 3 aromatic carbocycles. The number of nitrogens with zero attached hydrogens (tertiary/aromatic N) is 1. The number of pyridine rings is 1. The zero-order chi connectivity index (χ0) is 24.6.